The van der Waals surface area contributed by atoms with E-state index in [1.54, 1.807) is 25.2 Å². The maximum atomic E-state index is 13.3. The molecule has 9 nitrogen and oxygen atoms in total. The third-order valence-corrected chi connectivity index (χ3v) is 4.32. The first-order valence-corrected chi connectivity index (χ1v) is 12.1. The molecule has 0 aliphatic rings. The number of rotatable bonds is 19. The molecule has 0 fully saturated rings. The minimum absolute atomic E-state index is 0.0106. The van der Waals surface area contributed by atoms with Crippen molar-refractivity contribution in [2.24, 2.45) is 5.92 Å². The number of nitrogens with zero attached hydrogens (tertiary/aromatic N) is 2. The van der Waals surface area contributed by atoms with Gasteiger partial charge in [0.1, 0.15) is 0 Å². The van der Waals surface area contributed by atoms with Gasteiger partial charge in [-0.3, -0.25) is 14.5 Å². The number of nitrogens with one attached hydrogen (secondary N) is 2. The van der Waals surface area contributed by atoms with Crippen LogP contribution in [0, 0.1) is 5.92 Å². The number of amides is 1. The van der Waals surface area contributed by atoms with Crippen LogP contribution in [0.3, 0.4) is 0 Å². The standard InChI is InChI=1S/C23H38F2N4O4.C2H6.CH4O/c1-19(15-20(2)30)17-29(11-12-33-14-13-32-5)18-28(4)27-10-8-23(31)26-16-22(21(3)25)7-6-9-24;2*1-2/h6,8-10,15,22,27H,3,7,11-14,16-18H2,1-2,4-5H3,(H,26,31);1-2H3;2H,1H3/b9-6+,10-8+,19-15+;;. The lowest BCUT2D eigenvalue weighted by molar-refractivity contribution is -0.116. The topological polar surface area (TPSA) is 103 Å². The normalized spacial score (nSPS) is 12.2. The van der Waals surface area contributed by atoms with Crippen LogP contribution in [0.2, 0.25) is 0 Å². The first-order chi connectivity index (χ1) is 17.7. The summed E-state index contributed by atoms with van der Waals surface area (Å²) < 4.78 is 36.0. The van der Waals surface area contributed by atoms with Gasteiger partial charge in [-0.2, -0.15) is 0 Å². The van der Waals surface area contributed by atoms with Crippen LogP contribution in [-0.4, -0.2) is 94.1 Å². The summed E-state index contributed by atoms with van der Waals surface area (Å²) in [6.45, 7) is 13.8. The molecule has 0 aliphatic heterocycles. The van der Waals surface area contributed by atoms with Crippen molar-refractivity contribution in [1.82, 2.24) is 20.7 Å². The second kappa shape index (κ2) is 28.1. The van der Waals surface area contributed by atoms with E-state index in [9.17, 15) is 18.4 Å². The Balaban J connectivity index is -0.00000274. The predicted octanol–water partition coefficient (Wildman–Crippen LogP) is 3.12. The SMILES string of the molecule is C=C(F)C(C/C=C/F)CNC(=O)/C=C/NN(C)CN(CCOCCOC)C/C(C)=C/C(C)=O.CC.CO. The highest BCUT2D eigenvalue weighted by atomic mass is 19.1. The first kappa shape index (κ1) is 39.1. The van der Waals surface area contributed by atoms with Crippen LogP contribution in [0.15, 0.2) is 48.7 Å². The molecule has 0 heterocycles. The van der Waals surface area contributed by atoms with Crippen molar-refractivity contribution in [3.63, 3.8) is 0 Å². The van der Waals surface area contributed by atoms with Gasteiger partial charge in [-0.1, -0.05) is 32.1 Å². The summed E-state index contributed by atoms with van der Waals surface area (Å²) in [6.07, 6.45) is 5.96. The molecule has 216 valence electrons. The molecule has 11 heteroatoms. The molecule has 3 N–H and O–H groups in total. The van der Waals surface area contributed by atoms with Crippen molar-refractivity contribution < 1.29 is 33.0 Å². The number of methoxy groups -OCH3 is 1. The molecule has 0 rings (SSSR count). The summed E-state index contributed by atoms with van der Waals surface area (Å²) in [5, 5.41) is 11.3. The Morgan fingerprint density at radius 3 is 2.35 bits per heavy atom. The van der Waals surface area contributed by atoms with Gasteiger partial charge in [0.05, 0.1) is 38.6 Å². The summed E-state index contributed by atoms with van der Waals surface area (Å²) in [4.78, 5) is 25.4. The van der Waals surface area contributed by atoms with Crippen LogP contribution in [0.25, 0.3) is 0 Å². The van der Waals surface area contributed by atoms with Crippen LogP contribution in [-0.2, 0) is 19.1 Å². The van der Waals surface area contributed by atoms with Gasteiger partial charge in [-0.25, -0.2) is 13.8 Å². The highest BCUT2D eigenvalue weighted by molar-refractivity contribution is 5.88. The minimum atomic E-state index is -0.684. The number of ketones is 1. The Kier molecular flexibility index (Phi) is 29.7. The molecular weight excluding hydrogens is 486 g/mol. The number of carbonyl (C=O) groups is 2. The zero-order valence-corrected chi connectivity index (χ0v) is 23.6. The number of halogens is 2. The van der Waals surface area contributed by atoms with E-state index in [2.05, 4.69) is 22.2 Å². The van der Waals surface area contributed by atoms with Crippen molar-refractivity contribution in [1.29, 1.82) is 0 Å². The number of hydrogen-bond donors (Lipinski definition) is 3. The highest BCUT2D eigenvalue weighted by Gasteiger charge is 2.12. The number of hydrazine groups is 1. The van der Waals surface area contributed by atoms with Crippen molar-refractivity contribution in [3.8, 4) is 0 Å². The smallest absolute Gasteiger partial charge is 0.245 e. The Bertz CT molecular complexity index is 688. The van der Waals surface area contributed by atoms with Gasteiger partial charge in [-0.15, -0.1) is 0 Å². The third-order valence-electron chi connectivity index (χ3n) is 4.32. The van der Waals surface area contributed by atoms with Crippen molar-refractivity contribution in [2.75, 3.05) is 67.4 Å². The van der Waals surface area contributed by atoms with E-state index in [4.69, 9.17) is 14.6 Å². The number of carbonyl (C=O) groups excluding carboxylic acids is 2. The Labute approximate surface area is 221 Å². The maximum absolute atomic E-state index is 13.3. The minimum Gasteiger partial charge on any atom is -0.400 e. The summed E-state index contributed by atoms with van der Waals surface area (Å²) in [7, 11) is 4.41. The fourth-order valence-electron chi connectivity index (χ4n) is 2.78. The van der Waals surface area contributed by atoms with E-state index >= 15 is 0 Å². The number of aliphatic hydroxyl groups excluding tert-OH is 1. The predicted molar refractivity (Wildman–Crippen MR) is 145 cm³/mol. The van der Waals surface area contributed by atoms with Gasteiger partial charge in [0, 0.05) is 59.1 Å². The molecule has 1 amide bonds. The second-order valence-electron chi connectivity index (χ2n) is 7.55. The zero-order valence-electron chi connectivity index (χ0n) is 23.6. The van der Waals surface area contributed by atoms with Crippen LogP contribution in [0.1, 0.15) is 34.1 Å². The lowest BCUT2D eigenvalue weighted by atomic mass is 10.0. The van der Waals surface area contributed by atoms with Crippen LogP contribution >= 0.6 is 0 Å². The number of ether oxygens (including phenoxy) is 2. The Morgan fingerprint density at radius 2 is 1.81 bits per heavy atom. The summed E-state index contributed by atoms with van der Waals surface area (Å²) in [5.41, 5.74) is 3.89. The first-order valence-electron chi connectivity index (χ1n) is 12.1. The van der Waals surface area contributed by atoms with Crippen LogP contribution < -0.4 is 10.7 Å². The molecule has 0 saturated heterocycles. The average Bonchev–Trinajstić information content (AvgIpc) is 2.85. The van der Waals surface area contributed by atoms with Crippen LogP contribution in [0.4, 0.5) is 8.78 Å². The molecule has 0 saturated carbocycles. The lowest BCUT2D eigenvalue weighted by Gasteiger charge is -2.28. The monoisotopic (exact) mass is 534 g/mol. The number of allylic oxidation sites excluding steroid dienone is 2. The Hall–Kier alpha value is -2.44. The molecule has 0 aromatic carbocycles. The van der Waals surface area contributed by atoms with Gasteiger partial charge in [0.15, 0.2) is 5.78 Å². The zero-order chi connectivity index (χ0) is 29.1. The van der Waals surface area contributed by atoms with E-state index in [1.807, 2.05) is 20.8 Å². The van der Waals surface area contributed by atoms with Crippen molar-refractivity contribution in [3.05, 3.63) is 48.7 Å². The molecule has 0 aliphatic carbocycles. The number of aliphatic hydroxyl groups is 1. The van der Waals surface area contributed by atoms with E-state index < -0.39 is 17.7 Å². The summed E-state index contributed by atoms with van der Waals surface area (Å²) in [5.74, 6) is -1.73. The van der Waals surface area contributed by atoms with Crippen molar-refractivity contribution in [2.45, 2.75) is 34.1 Å². The van der Waals surface area contributed by atoms with Crippen molar-refractivity contribution >= 4 is 11.7 Å². The van der Waals surface area contributed by atoms with E-state index in [0.29, 0.717) is 45.9 Å². The van der Waals surface area contributed by atoms with E-state index in [0.717, 1.165) is 12.7 Å². The molecule has 1 unspecified atom stereocenters. The fraction of sp³-hybridized carbons (Fsp3) is 0.615. The molecule has 1 atom stereocenters. The molecule has 0 aromatic rings. The molecule has 0 bridgehead atoms. The van der Waals surface area contributed by atoms with E-state index in [-0.39, 0.29) is 18.7 Å². The fourth-order valence-corrected chi connectivity index (χ4v) is 2.78. The summed E-state index contributed by atoms with van der Waals surface area (Å²) >= 11 is 0. The Morgan fingerprint density at radius 1 is 1.16 bits per heavy atom. The van der Waals surface area contributed by atoms with Gasteiger partial charge in [0.2, 0.25) is 5.91 Å². The van der Waals surface area contributed by atoms with Gasteiger partial charge < -0.3 is 25.3 Å². The molecule has 37 heavy (non-hydrogen) atoms. The molecule has 0 spiro atoms. The molecule has 0 aromatic heterocycles. The summed E-state index contributed by atoms with van der Waals surface area (Å²) in [6, 6.07) is 0. The van der Waals surface area contributed by atoms with Gasteiger partial charge in [0.25, 0.3) is 0 Å². The molecular formula is C26H48F2N4O5. The maximum Gasteiger partial charge on any atom is 0.245 e. The van der Waals surface area contributed by atoms with Gasteiger partial charge >= 0.3 is 0 Å². The van der Waals surface area contributed by atoms with E-state index in [1.165, 1.54) is 25.3 Å². The quantitative estimate of drug-likeness (QED) is 0.101. The average molecular weight is 535 g/mol. The third kappa shape index (κ3) is 26.4. The molecule has 0 radical (unpaired) electrons. The van der Waals surface area contributed by atoms with Gasteiger partial charge in [-0.05, 0) is 26.3 Å². The lowest BCUT2D eigenvalue weighted by Crippen LogP contribution is -2.43. The second-order valence-corrected chi connectivity index (χ2v) is 7.55. The van der Waals surface area contributed by atoms with Crippen LogP contribution in [0.5, 0.6) is 0 Å². The number of hydrogen-bond acceptors (Lipinski definition) is 8. The highest BCUT2D eigenvalue weighted by Crippen LogP contribution is 2.14. The largest absolute Gasteiger partial charge is 0.400 e.